The summed E-state index contributed by atoms with van der Waals surface area (Å²) in [4.78, 5) is 26.2. The molecule has 0 bridgehead atoms. The number of carboxylic acids is 1. The molecule has 0 aliphatic carbocycles. The Kier molecular flexibility index (Phi) is 7.17. The summed E-state index contributed by atoms with van der Waals surface area (Å²) in [6.45, 7) is 2.56. The molecule has 29 heavy (non-hydrogen) atoms. The van der Waals surface area contributed by atoms with Gasteiger partial charge in [0.05, 0.1) is 12.5 Å². The third kappa shape index (κ3) is 5.10. The zero-order valence-electron chi connectivity index (χ0n) is 16.1. The molecule has 2 aromatic rings. The van der Waals surface area contributed by atoms with Crippen molar-refractivity contribution in [3.8, 4) is 0 Å². The third-order valence-corrected chi connectivity index (χ3v) is 5.48. The number of hydrogen-bond donors (Lipinski definition) is 1. The number of halogens is 2. The minimum Gasteiger partial charge on any atom is -0.481 e. The molecule has 0 unspecified atom stereocenters. The lowest BCUT2D eigenvalue weighted by atomic mass is 9.91. The second kappa shape index (κ2) is 9.61. The van der Waals surface area contributed by atoms with Crippen LogP contribution < -0.4 is 0 Å². The lowest BCUT2D eigenvalue weighted by molar-refractivity contribution is -0.179. The van der Waals surface area contributed by atoms with E-state index in [1.807, 2.05) is 31.2 Å². The van der Waals surface area contributed by atoms with Crippen LogP contribution in [0.25, 0.3) is 0 Å². The highest BCUT2D eigenvalue weighted by Gasteiger charge is 2.44. The van der Waals surface area contributed by atoms with Crippen LogP contribution in [0.3, 0.4) is 0 Å². The average molecular weight is 436 g/mol. The van der Waals surface area contributed by atoms with E-state index in [1.54, 1.807) is 29.2 Å². The van der Waals surface area contributed by atoms with E-state index in [-0.39, 0.29) is 12.3 Å². The zero-order valence-corrected chi connectivity index (χ0v) is 17.6. The molecule has 7 heteroatoms. The molecule has 0 aromatic heterocycles. The van der Waals surface area contributed by atoms with E-state index in [4.69, 9.17) is 27.9 Å². The maximum Gasteiger partial charge on any atom is 0.306 e. The fourth-order valence-corrected chi connectivity index (χ4v) is 3.95. The van der Waals surface area contributed by atoms with E-state index in [2.05, 4.69) is 0 Å². The zero-order chi connectivity index (χ0) is 21.0. The first-order valence-corrected chi connectivity index (χ1v) is 10.3. The molecule has 3 atom stereocenters. The van der Waals surface area contributed by atoms with Crippen molar-refractivity contribution in [1.29, 1.82) is 0 Å². The standard InChI is InChI=1S/C22H23Cl2NO4/c1-2-3-11-25-20(14-7-9-16(23)10-8-14)21(15-5-4-6-17(24)12-15)29-18(22(25)28)13-19(26)27/h4-10,12,18,20-21H,2-3,11,13H2,1H3,(H,26,27)/t18-,20+,21+/m0/s1. The highest BCUT2D eigenvalue weighted by Crippen LogP contribution is 2.43. The molecule has 1 aliphatic rings. The van der Waals surface area contributed by atoms with Crippen LogP contribution in [0, 0.1) is 0 Å². The number of morpholine rings is 1. The molecule has 5 nitrogen and oxygen atoms in total. The van der Waals surface area contributed by atoms with Crippen LogP contribution in [-0.2, 0) is 14.3 Å². The Morgan fingerprint density at radius 3 is 2.45 bits per heavy atom. The van der Waals surface area contributed by atoms with Crippen LogP contribution in [0.5, 0.6) is 0 Å². The molecule has 1 N–H and O–H groups in total. The minimum atomic E-state index is -1.08. The van der Waals surface area contributed by atoms with E-state index in [9.17, 15) is 14.7 Å². The van der Waals surface area contributed by atoms with E-state index in [0.29, 0.717) is 16.6 Å². The highest BCUT2D eigenvalue weighted by molar-refractivity contribution is 6.30. The Bertz CT molecular complexity index is 871. The number of unbranched alkanes of at least 4 members (excludes halogenated alkanes) is 1. The number of ether oxygens (including phenoxy) is 1. The summed E-state index contributed by atoms with van der Waals surface area (Å²) in [5, 5.41) is 10.4. The van der Waals surface area contributed by atoms with Crippen LogP contribution in [-0.4, -0.2) is 34.5 Å². The summed E-state index contributed by atoms with van der Waals surface area (Å²) in [6.07, 6.45) is -0.265. The smallest absolute Gasteiger partial charge is 0.306 e. The van der Waals surface area contributed by atoms with E-state index in [1.165, 1.54) is 0 Å². The molecule has 0 saturated carbocycles. The van der Waals surface area contributed by atoms with Gasteiger partial charge in [-0.15, -0.1) is 0 Å². The molecule has 1 fully saturated rings. The number of amides is 1. The van der Waals surface area contributed by atoms with Crippen molar-refractivity contribution in [2.75, 3.05) is 6.54 Å². The Morgan fingerprint density at radius 1 is 1.10 bits per heavy atom. The molecule has 2 aromatic carbocycles. The molecule has 0 spiro atoms. The number of aliphatic carboxylic acids is 1. The number of rotatable bonds is 7. The summed E-state index contributed by atoms with van der Waals surface area (Å²) in [6, 6.07) is 14.1. The van der Waals surface area contributed by atoms with Gasteiger partial charge in [0, 0.05) is 16.6 Å². The fourth-order valence-electron chi connectivity index (χ4n) is 3.63. The molecular weight excluding hydrogens is 413 g/mol. The topological polar surface area (TPSA) is 66.8 Å². The Labute approximate surface area is 180 Å². The van der Waals surface area contributed by atoms with Gasteiger partial charge in [-0.25, -0.2) is 0 Å². The van der Waals surface area contributed by atoms with Gasteiger partial charge in [-0.3, -0.25) is 9.59 Å². The molecule has 0 radical (unpaired) electrons. The van der Waals surface area contributed by atoms with Gasteiger partial charge in [0.2, 0.25) is 0 Å². The normalized spacial score (nSPS) is 22.0. The number of hydrogen-bond acceptors (Lipinski definition) is 3. The summed E-state index contributed by atoms with van der Waals surface area (Å²) >= 11 is 12.3. The summed E-state index contributed by atoms with van der Waals surface area (Å²) in [7, 11) is 0. The van der Waals surface area contributed by atoms with E-state index in [0.717, 1.165) is 24.0 Å². The fraction of sp³-hybridized carbons (Fsp3) is 0.364. The van der Waals surface area contributed by atoms with E-state index < -0.39 is 24.2 Å². The van der Waals surface area contributed by atoms with Crippen molar-refractivity contribution in [2.24, 2.45) is 0 Å². The number of carbonyl (C=O) groups is 2. The van der Waals surface area contributed by atoms with Crippen molar-refractivity contribution in [3.05, 3.63) is 69.7 Å². The van der Waals surface area contributed by atoms with Crippen molar-refractivity contribution in [1.82, 2.24) is 4.90 Å². The van der Waals surface area contributed by atoms with Gasteiger partial charge in [0.15, 0.2) is 0 Å². The van der Waals surface area contributed by atoms with Gasteiger partial charge in [-0.05, 0) is 41.8 Å². The molecule has 1 saturated heterocycles. The third-order valence-electron chi connectivity index (χ3n) is 4.99. The molecule has 1 aliphatic heterocycles. The second-order valence-electron chi connectivity index (χ2n) is 7.08. The molecular formula is C22H23Cl2NO4. The Balaban J connectivity index is 2.08. The van der Waals surface area contributed by atoms with Crippen molar-refractivity contribution in [3.63, 3.8) is 0 Å². The maximum atomic E-state index is 13.1. The van der Waals surface area contributed by atoms with Gasteiger partial charge >= 0.3 is 5.97 Å². The van der Waals surface area contributed by atoms with Crippen molar-refractivity contribution >= 4 is 35.1 Å². The van der Waals surface area contributed by atoms with E-state index >= 15 is 0 Å². The number of nitrogens with zero attached hydrogens (tertiary/aromatic N) is 1. The van der Waals surface area contributed by atoms with Crippen LogP contribution in [0.1, 0.15) is 49.5 Å². The van der Waals surface area contributed by atoms with Crippen molar-refractivity contribution in [2.45, 2.75) is 44.4 Å². The molecule has 1 amide bonds. The Hall–Kier alpha value is -2.08. The first-order valence-electron chi connectivity index (χ1n) is 9.59. The van der Waals surface area contributed by atoms with Crippen molar-refractivity contribution < 1.29 is 19.4 Å². The Morgan fingerprint density at radius 2 is 1.83 bits per heavy atom. The monoisotopic (exact) mass is 435 g/mol. The van der Waals surface area contributed by atoms with Crippen LogP contribution in [0.4, 0.5) is 0 Å². The second-order valence-corrected chi connectivity index (χ2v) is 7.95. The number of carboxylic acid groups (broad SMARTS) is 1. The first kappa shape index (κ1) is 21.6. The van der Waals surface area contributed by atoms with Crippen LogP contribution >= 0.6 is 23.2 Å². The minimum absolute atomic E-state index is 0.306. The van der Waals surface area contributed by atoms with Gasteiger partial charge in [-0.1, -0.05) is 60.8 Å². The number of benzene rings is 2. The summed E-state index contributed by atoms with van der Waals surface area (Å²) in [5.74, 6) is -1.38. The lowest BCUT2D eigenvalue weighted by Crippen LogP contribution is -2.51. The van der Waals surface area contributed by atoms with Gasteiger partial charge < -0.3 is 14.7 Å². The maximum absolute atomic E-state index is 13.1. The highest BCUT2D eigenvalue weighted by atomic mass is 35.5. The number of carbonyl (C=O) groups excluding carboxylic acids is 1. The molecule has 154 valence electrons. The predicted molar refractivity (Wildman–Crippen MR) is 112 cm³/mol. The largest absolute Gasteiger partial charge is 0.481 e. The summed E-state index contributed by atoms with van der Waals surface area (Å²) < 4.78 is 6.09. The van der Waals surface area contributed by atoms with Crippen LogP contribution in [0.2, 0.25) is 10.0 Å². The molecule has 3 rings (SSSR count). The summed E-state index contributed by atoms with van der Waals surface area (Å²) in [5.41, 5.74) is 1.67. The van der Waals surface area contributed by atoms with Crippen LogP contribution in [0.15, 0.2) is 48.5 Å². The lowest BCUT2D eigenvalue weighted by Gasteiger charge is -2.44. The average Bonchev–Trinajstić information content (AvgIpc) is 2.68. The predicted octanol–water partition coefficient (Wildman–Crippen LogP) is 5.28. The van der Waals surface area contributed by atoms with Gasteiger partial charge in [0.25, 0.3) is 5.91 Å². The first-order chi connectivity index (χ1) is 13.9. The van der Waals surface area contributed by atoms with Gasteiger partial charge in [0.1, 0.15) is 12.2 Å². The SMILES string of the molecule is CCCCN1C(=O)[C@H](CC(=O)O)O[C@H](c2cccc(Cl)c2)[C@H]1c1ccc(Cl)cc1. The van der Waals surface area contributed by atoms with Gasteiger partial charge in [-0.2, -0.15) is 0 Å². The molecule has 1 heterocycles. The quantitative estimate of drug-likeness (QED) is 0.642.